The molecule has 0 unspecified atom stereocenters. The lowest BCUT2D eigenvalue weighted by Gasteiger charge is -2.20. The van der Waals surface area contributed by atoms with Crippen molar-refractivity contribution in [1.29, 1.82) is 0 Å². The summed E-state index contributed by atoms with van der Waals surface area (Å²) in [6, 6.07) is 6.81. The number of hydrogen-bond acceptors (Lipinski definition) is 2. The molecule has 2 N–H and O–H groups in total. The predicted octanol–water partition coefficient (Wildman–Crippen LogP) is 2.78. The molecule has 1 aliphatic rings. The van der Waals surface area contributed by atoms with Gasteiger partial charge in [0, 0.05) is 12.1 Å². The SMILES string of the molecule is CCC[C@@H]1CC[C@H]([C@H](O)c2cccc(F)c2)N1. The maximum atomic E-state index is 13.1. The van der Waals surface area contributed by atoms with Crippen molar-refractivity contribution in [3.05, 3.63) is 35.6 Å². The molecule has 1 aromatic carbocycles. The first kappa shape index (κ1) is 12.5. The van der Waals surface area contributed by atoms with Gasteiger partial charge in [0.15, 0.2) is 0 Å². The Morgan fingerprint density at radius 1 is 1.47 bits per heavy atom. The van der Waals surface area contributed by atoms with E-state index in [4.69, 9.17) is 0 Å². The van der Waals surface area contributed by atoms with Crippen LogP contribution in [0.5, 0.6) is 0 Å². The minimum Gasteiger partial charge on any atom is -0.387 e. The predicted molar refractivity (Wildman–Crippen MR) is 66.2 cm³/mol. The molecule has 2 nitrogen and oxygen atoms in total. The van der Waals surface area contributed by atoms with Crippen molar-refractivity contribution in [2.45, 2.75) is 50.8 Å². The molecule has 0 aliphatic carbocycles. The van der Waals surface area contributed by atoms with E-state index in [9.17, 15) is 9.50 Å². The van der Waals surface area contributed by atoms with Gasteiger partial charge in [0.1, 0.15) is 5.82 Å². The van der Waals surface area contributed by atoms with Crippen molar-refractivity contribution >= 4 is 0 Å². The molecular formula is C14H20FNO. The Morgan fingerprint density at radius 3 is 3.00 bits per heavy atom. The summed E-state index contributed by atoms with van der Waals surface area (Å²) in [7, 11) is 0. The van der Waals surface area contributed by atoms with E-state index in [1.165, 1.54) is 12.1 Å². The van der Waals surface area contributed by atoms with Crippen molar-refractivity contribution < 1.29 is 9.50 Å². The summed E-state index contributed by atoms with van der Waals surface area (Å²) in [5.41, 5.74) is 0.666. The van der Waals surface area contributed by atoms with Gasteiger partial charge in [-0.2, -0.15) is 0 Å². The van der Waals surface area contributed by atoms with Crippen LogP contribution in [0.2, 0.25) is 0 Å². The molecule has 0 radical (unpaired) electrons. The number of nitrogens with one attached hydrogen (secondary N) is 1. The minimum absolute atomic E-state index is 0.0633. The first-order valence-electron chi connectivity index (χ1n) is 6.40. The van der Waals surface area contributed by atoms with Gasteiger partial charge in [-0.25, -0.2) is 4.39 Å². The fraction of sp³-hybridized carbons (Fsp3) is 0.571. The Kier molecular flexibility index (Phi) is 4.13. The van der Waals surface area contributed by atoms with E-state index in [-0.39, 0.29) is 11.9 Å². The van der Waals surface area contributed by atoms with Crippen molar-refractivity contribution in [3.63, 3.8) is 0 Å². The highest BCUT2D eigenvalue weighted by Gasteiger charge is 2.29. The number of benzene rings is 1. The third-order valence-corrected chi connectivity index (χ3v) is 3.48. The van der Waals surface area contributed by atoms with E-state index >= 15 is 0 Å². The molecular weight excluding hydrogens is 217 g/mol. The van der Waals surface area contributed by atoms with Gasteiger partial charge >= 0.3 is 0 Å². The van der Waals surface area contributed by atoms with E-state index in [0.29, 0.717) is 11.6 Å². The highest BCUT2D eigenvalue weighted by atomic mass is 19.1. The highest BCUT2D eigenvalue weighted by Crippen LogP contribution is 2.27. The lowest BCUT2D eigenvalue weighted by molar-refractivity contribution is 0.134. The van der Waals surface area contributed by atoms with Crippen LogP contribution >= 0.6 is 0 Å². The second-order valence-electron chi connectivity index (χ2n) is 4.84. The van der Waals surface area contributed by atoms with Crippen LogP contribution in [0.15, 0.2) is 24.3 Å². The van der Waals surface area contributed by atoms with Crippen molar-refractivity contribution in [2.24, 2.45) is 0 Å². The Labute approximate surface area is 102 Å². The second-order valence-corrected chi connectivity index (χ2v) is 4.84. The second kappa shape index (κ2) is 5.61. The largest absolute Gasteiger partial charge is 0.387 e. The number of halogens is 1. The zero-order valence-corrected chi connectivity index (χ0v) is 10.2. The maximum absolute atomic E-state index is 13.1. The average Bonchev–Trinajstić information content (AvgIpc) is 2.77. The van der Waals surface area contributed by atoms with E-state index in [0.717, 1.165) is 25.7 Å². The van der Waals surface area contributed by atoms with Gasteiger partial charge in [-0.1, -0.05) is 25.5 Å². The van der Waals surface area contributed by atoms with E-state index < -0.39 is 6.10 Å². The summed E-state index contributed by atoms with van der Waals surface area (Å²) in [6.07, 6.45) is 3.76. The molecule has 94 valence electrons. The molecule has 0 spiro atoms. The first-order valence-corrected chi connectivity index (χ1v) is 6.40. The van der Waals surface area contributed by atoms with E-state index in [2.05, 4.69) is 12.2 Å². The van der Waals surface area contributed by atoms with Crippen LogP contribution in [0.1, 0.15) is 44.3 Å². The number of hydrogen-bond donors (Lipinski definition) is 2. The zero-order chi connectivity index (χ0) is 12.3. The van der Waals surface area contributed by atoms with Gasteiger partial charge in [0.25, 0.3) is 0 Å². The van der Waals surface area contributed by atoms with Gasteiger partial charge in [-0.3, -0.25) is 0 Å². The summed E-state index contributed by atoms with van der Waals surface area (Å²) >= 11 is 0. The topological polar surface area (TPSA) is 32.3 Å². The molecule has 1 heterocycles. The van der Waals surface area contributed by atoms with E-state index in [1.807, 2.05) is 0 Å². The normalized spacial score (nSPS) is 26.1. The summed E-state index contributed by atoms with van der Waals surface area (Å²) in [4.78, 5) is 0. The monoisotopic (exact) mass is 237 g/mol. The van der Waals surface area contributed by atoms with Gasteiger partial charge in [0.2, 0.25) is 0 Å². The maximum Gasteiger partial charge on any atom is 0.123 e. The van der Waals surface area contributed by atoms with Gasteiger partial charge in [-0.05, 0) is 37.0 Å². The Hall–Kier alpha value is -0.930. The van der Waals surface area contributed by atoms with Gasteiger partial charge in [-0.15, -0.1) is 0 Å². The number of aliphatic hydroxyl groups is 1. The molecule has 3 heteroatoms. The number of rotatable bonds is 4. The van der Waals surface area contributed by atoms with Crippen LogP contribution in [-0.2, 0) is 0 Å². The van der Waals surface area contributed by atoms with Crippen LogP contribution in [0.25, 0.3) is 0 Å². The molecule has 1 saturated heterocycles. The number of aliphatic hydroxyl groups excluding tert-OH is 1. The highest BCUT2D eigenvalue weighted by molar-refractivity contribution is 5.20. The van der Waals surface area contributed by atoms with Gasteiger partial charge in [0.05, 0.1) is 6.10 Å². The first-order chi connectivity index (χ1) is 8.20. The summed E-state index contributed by atoms with van der Waals surface area (Å²) in [5, 5.41) is 13.6. The molecule has 2 rings (SSSR count). The lowest BCUT2D eigenvalue weighted by atomic mass is 10.0. The Bertz CT molecular complexity index is 369. The van der Waals surface area contributed by atoms with Crippen LogP contribution in [0, 0.1) is 5.82 Å². The summed E-state index contributed by atoms with van der Waals surface area (Å²) < 4.78 is 13.1. The molecule has 0 saturated carbocycles. The molecule has 1 aromatic rings. The van der Waals surface area contributed by atoms with E-state index in [1.54, 1.807) is 12.1 Å². The average molecular weight is 237 g/mol. The Morgan fingerprint density at radius 2 is 2.29 bits per heavy atom. The third-order valence-electron chi connectivity index (χ3n) is 3.48. The molecule has 0 amide bonds. The molecule has 3 atom stereocenters. The third kappa shape index (κ3) is 3.05. The van der Waals surface area contributed by atoms with Crippen molar-refractivity contribution in [3.8, 4) is 0 Å². The van der Waals surface area contributed by atoms with Crippen molar-refractivity contribution in [1.82, 2.24) is 5.32 Å². The summed E-state index contributed by atoms with van der Waals surface area (Å²) in [6.45, 7) is 2.16. The zero-order valence-electron chi connectivity index (χ0n) is 10.2. The summed E-state index contributed by atoms with van der Waals surface area (Å²) in [5.74, 6) is -0.287. The van der Waals surface area contributed by atoms with Crippen LogP contribution in [-0.4, -0.2) is 17.2 Å². The molecule has 1 fully saturated rings. The fourth-order valence-corrected chi connectivity index (χ4v) is 2.60. The minimum atomic E-state index is -0.604. The standard InChI is InChI=1S/C14H20FNO/c1-2-4-12-7-8-13(16-12)14(17)10-5-3-6-11(15)9-10/h3,5-6,9,12-14,16-17H,2,4,7-8H2,1H3/t12-,13-,14-/m1/s1. The smallest absolute Gasteiger partial charge is 0.123 e. The van der Waals surface area contributed by atoms with Crippen molar-refractivity contribution in [2.75, 3.05) is 0 Å². The fourth-order valence-electron chi connectivity index (χ4n) is 2.60. The molecule has 0 aromatic heterocycles. The quantitative estimate of drug-likeness (QED) is 0.844. The van der Waals surface area contributed by atoms with Crippen LogP contribution < -0.4 is 5.32 Å². The molecule has 0 bridgehead atoms. The van der Waals surface area contributed by atoms with Gasteiger partial charge < -0.3 is 10.4 Å². The van der Waals surface area contributed by atoms with Crippen LogP contribution in [0.3, 0.4) is 0 Å². The Balaban J connectivity index is 1.99. The van der Waals surface area contributed by atoms with Crippen LogP contribution in [0.4, 0.5) is 4.39 Å². The lowest BCUT2D eigenvalue weighted by Crippen LogP contribution is -2.33. The molecule has 1 aliphatic heterocycles. The molecule has 17 heavy (non-hydrogen) atoms.